The van der Waals surface area contributed by atoms with Crippen LogP contribution in [0.25, 0.3) is 0 Å². The molecule has 1 heterocycles. The van der Waals surface area contributed by atoms with Crippen molar-refractivity contribution in [2.24, 2.45) is 0 Å². The first-order valence-corrected chi connectivity index (χ1v) is 6.80. The Labute approximate surface area is 127 Å². The fourth-order valence-corrected chi connectivity index (χ4v) is 2.46. The SMILES string of the molecule is C=CCOc1cccc2c1C(=O)N(C1=CC(=O)CC=C1)C2=O. The van der Waals surface area contributed by atoms with Crippen LogP contribution < -0.4 is 4.74 Å². The van der Waals surface area contributed by atoms with Gasteiger partial charge < -0.3 is 4.74 Å². The zero-order valence-electron chi connectivity index (χ0n) is 11.7. The molecule has 1 aromatic carbocycles. The van der Waals surface area contributed by atoms with Gasteiger partial charge in [0.25, 0.3) is 11.8 Å². The van der Waals surface area contributed by atoms with Crippen LogP contribution in [0.15, 0.2) is 54.8 Å². The smallest absolute Gasteiger partial charge is 0.269 e. The minimum Gasteiger partial charge on any atom is -0.489 e. The molecule has 0 unspecified atom stereocenters. The van der Waals surface area contributed by atoms with Gasteiger partial charge in [0.1, 0.15) is 12.4 Å². The molecule has 5 heteroatoms. The zero-order chi connectivity index (χ0) is 15.7. The number of hydrogen-bond acceptors (Lipinski definition) is 4. The highest BCUT2D eigenvalue weighted by Gasteiger charge is 2.40. The van der Waals surface area contributed by atoms with Crippen LogP contribution in [0.2, 0.25) is 0 Å². The Morgan fingerprint density at radius 1 is 1.23 bits per heavy atom. The van der Waals surface area contributed by atoms with Crippen LogP contribution in [-0.2, 0) is 4.79 Å². The average Bonchev–Trinajstić information content (AvgIpc) is 2.77. The lowest BCUT2D eigenvalue weighted by Gasteiger charge is -2.16. The summed E-state index contributed by atoms with van der Waals surface area (Å²) < 4.78 is 5.45. The van der Waals surface area contributed by atoms with Crippen LogP contribution in [-0.4, -0.2) is 29.1 Å². The number of rotatable bonds is 4. The molecule has 0 bridgehead atoms. The number of allylic oxidation sites excluding steroid dienone is 3. The van der Waals surface area contributed by atoms with Crippen molar-refractivity contribution >= 4 is 17.6 Å². The molecular weight excluding hydrogens is 282 g/mol. The number of benzene rings is 1. The third kappa shape index (κ3) is 2.16. The molecule has 3 rings (SSSR count). The van der Waals surface area contributed by atoms with Crippen molar-refractivity contribution < 1.29 is 19.1 Å². The molecule has 1 aliphatic heterocycles. The molecule has 0 spiro atoms. The van der Waals surface area contributed by atoms with Crippen molar-refractivity contribution in [3.63, 3.8) is 0 Å². The monoisotopic (exact) mass is 295 g/mol. The molecule has 2 amide bonds. The highest BCUT2D eigenvalue weighted by molar-refractivity contribution is 6.24. The van der Waals surface area contributed by atoms with Crippen LogP contribution in [0.1, 0.15) is 27.1 Å². The van der Waals surface area contributed by atoms with Crippen LogP contribution in [0, 0.1) is 0 Å². The maximum atomic E-state index is 12.6. The number of carbonyl (C=O) groups excluding carboxylic acids is 3. The van der Waals surface area contributed by atoms with Gasteiger partial charge in [0.2, 0.25) is 0 Å². The van der Waals surface area contributed by atoms with E-state index < -0.39 is 11.8 Å². The number of amides is 2. The van der Waals surface area contributed by atoms with Gasteiger partial charge in [-0.3, -0.25) is 14.4 Å². The minimum absolute atomic E-state index is 0.141. The summed E-state index contributed by atoms with van der Waals surface area (Å²) in [7, 11) is 0. The van der Waals surface area contributed by atoms with E-state index in [-0.39, 0.29) is 35.6 Å². The average molecular weight is 295 g/mol. The summed E-state index contributed by atoms with van der Waals surface area (Å²) in [5, 5.41) is 0. The van der Waals surface area contributed by atoms with Gasteiger partial charge in [-0.1, -0.05) is 24.8 Å². The minimum atomic E-state index is -0.481. The topological polar surface area (TPSA) is 63.7 Å². The molecule has 0 saturated heterocycles. The van der Waals surface area contributed by atoms with Gasteiger partial charge in [0, 0.05) is 12.5 Å². The Morgan fingerprint density at radius 3 is 2.77 bits per heavy atom. The highest BCUT2D eigenvalue weighted by atomic mass is 16.5. The van der Waals surface area contributed by atoms with E-state index in [2.05, 4.69) is 6.58 Å². The summed E-state index contributed by atoms with van der Waals surface area (Å²) in [6.45, 7) is 3.79. The van der Waals surface area contributed by atoms with E-state index in [1.165, 1.54) is 6.08 Å². The first-order chi connectivity index (χ1) is 10.6. The molecule has 0 fully saturated rings. The fourth-order valence-electron chi connectivity index (χ4n) is 2.46. The first kappa shape index (κ1) is 14.0. The molecular formula is C17H13NO4. The van der Waals surface area contributed by atoms with E-state index in [9.17, 15) is 14.4 Å². The molecule has 0 atom stereocenters. The number of imide groups is 1. The van der Waals surface area contributed by atoms with Crippen LogP contribution in [0.4, 0.5) is 0 Å². The predicted octanol–water partition coefficient (Wildman–Crippen LogP) is 2.26. The van der Waals surface area contributed by atoms with Crippen molar-refractivity contribution in [1.82, 2.24) is 4.90 Å². The van der Waals surface area contributed by atoms with E-state index in [4.69, 9.17) is 4.74 Å². The summed E-state index contributed by atoms with van der Waals surface area (Å²) in [6, 6.07) is 4.86. The Kier molecular flexibility index (Phi) is 3.47. The second kappa shape index (κ2) is 5.44. The lowest BCUT2D eigenvalue weighted by atomic mass is 10.1. The summed E-state index contributed by atoms with van der Waals surface area (Å²) in [4.78, 5) is 37.6. The number of fused-ring (bicyclic) bond motifs is 1. The lowest BCUT2D eigenvalue weighted by molar-refractivity contribution is -0.114. The van der Waals surface area contributed by atoms with Gasteiger partial charge in [-0.05, 0) is 18.2 Å². The Morgan fingerprint density at radius 2 is 2.05 bits per heavy atom. The van der Waals surface area contributed by atoms with E-state index in [1.54, 1.807) is 36.4 Å². The molecule has 1 aliphatic carbocycles. The number of nitrogens with zero attached hydrogens (tertiary/aromatic N) is 1. The second-order valence-electron chi connectivity index (χ2n) is 4.87. The van der Waals surface area contributed by atoms with Gasteiger partial charge in [0.05, 0.1) is 16.8 Å². The summed E-state index contributed by atoms with van der Waals surface area (Å²) in [5.41, 5.74) is 0.790. The van der Waals surface area contributed by atoms with Crippen molar-refractivity contribution in [3.8, 4) is 5.75 Å². The number of ketones is 1. The largest absolute Gasteiger partial charge is 0.489 e. The van der Waals surface area contributed by atoms with Gasteiger partial charge >= 0.3 is 0 Å². The van der Waals surface area contributed by atoms with Gasteiger partial charge in [0.15, 0.2) is 5.78 Å². The molecule has 110 valence electrons. The third-order valence-electron chi connectivity index (χ3n) is 3.41. The molecule has 1 aromatic rings. The second-order valence-corrected chi connectivity index (χ2v) is 4.87. The van der Waals surface area contributed by atoms with Crippen molar-refractivity contribution in [3.05, 3.63) is 65.9 Å². The Bertz CT molecular complexity index is 758. The van der Waals surface area contributed by atoms with E-state index in [0.717, 1.165) is 4.90 Å². The summed E-state index contributed by atoms with van der Waals surface area (Å²) >= 11 is 0. The van der Waals surface area contributed by atoms with Gasteiger partial charge in [-0.2, -0.15) is 0 Å². The predicted molar refractivity (Wildman–Crippen MR) is 79.5 cm³/mol. The van der Waals surface area contributed by atoms with Crippen molar-refractivity contribution in [1.29, 1.82) is 0 Å². The summed E-state index contributed by atoms with van der Waals surface area (Å²) in [5.74, 6) is -0.734. The number of carbonyl (C=O) groups is 3. The Balaban J connectivity index is 2.03. The normalized spacial score (nSPS) is 16.6. The molecule has 0 saturated carbocycles. The van der Waals surface area contributed by atoms with Crippen molar-refractivity contribution in [2.45, 2.75) is 6.42 Å². The number of hydrogen-bond donors (Lipinski definition) is 0. The summed E-state index contributed by atoms with van der Waals surface area (Å²) in [6.07, 6.45) is 6.39. The quantitative estimate of drug-likeness (QED) is 0.631. The number of ether oxygens (including phenoxy) is 1. The Hall–Kier alpha value is -2.95. The first-order valence-electron chi connectivity index (χ1n) is 6.80. The molecule has 2 aliphatic rings. The van der Waals surface area contributed by atoms with Crippen molar-refractivity contribution in [2.75, 3.05) is 6.61 Å². The van der Waals surface area contributed by atoms with E-state index in [0.29, 0.717) is 5.75 Å². The lowest BCUT2D eigenvalue weighted by Crippen LogP contribution is -2.29. The highest BCUT2D eigenvalue weighted by Crippen LogP contribution is 2.33. The molecule has 22 heavy (non-hydrogen) atoms. The fraction of sp³-hybridized carbons (Fsp3) is 0.118. The molecule has 0 aromatic heterocycles. The van der Waals surface area contributed by atoms with E-state index in [1.807, 2.05) is 0 Å². The molecule has 0 N–H and O–H groups in total. The maximum absolute atomic E-state index is 12.6. The van der Waals surface area contributed by atoms with Gasteiger partial charge in [-0.25, -0.2) is 4.90 Å². The standard InChI is InChI=1S/C17H13NO4/c1-2-9-22-14-8-4-7-13-15(14)17(21)18(16(13)20)11-5-3-6-12(19)10-11/h2-5,7-8,10H,1,6,9H2. The van der Waals surface area contributed by atoms with Crippen LogP contribution >= 0.6 is 0 Å². The molecule has 0 radical (unpaired) electrons. The van der Waals surface area contributed by atoms with E-state index >= 15 is 0 Å². The van der Waals surface area contributed by atoms with Gasteiger partial charge in [-0.15, -0.1) is 0 Å². The molecule has 5 nitrogen and oxygen atoms in total. The van der Waals surface area contributed by atoms with Crippen LogP contribution in [0.5, 0.6) is 5.75 Å². The zero-order valence-corrected chi connectivity index (χ0v) is 11.7. The maximum Gasteiger partial charge on any atom is 0.269 e. The third-order valence-corrected chi connectivity index (χ3v) is 3.41. The van der Waals surface area contributed by atoms with Crippen LogP contribution in [0.3, 0.4) is 0 Å².